The van der Waals surface area contributed by atoms with Crippen molar-refractivity contribution in [3.8, 4) is 0 Å². The highest BCUT2D eigenvalue weighted by Gasteiger charge is 2.02. The van der Waals surface area contributed by atoms with E-state index in [1.807, 2.05) is 11.6 Å². The van der Waals surface area contributed by atoms with Crippen LogP contribution in [0.25, 0.3) is 0 Å². The summed E-state index contributed by atoms with van der Waals surface area (Å²) in [7, 11) is 1.86. The van der Waals surface area contributed by atoms with E-state index in [1.165, 1.54) is 12.1 Å². The number of nitrogens with zero attached hydrogens (tertiary/aromatic N) is 3. The third-order valence-electron chi connectivity index (χ3n) is 2.60. The van der Waals surface area contributed by atoms with Crippen LogP contribution >= 0.6 is 0 Å². The predicted molar refractivity (Wildman–Crippen MR) is 62.8 cm³/mol. The molecule has 0 fully saturated rings. The molecule has 6 heteroatoms. The number of benzene rings is 1. The lowest BCUT2D eigenvalue weighted by Gasteiger charge is -2.05. The van der Waals surface area contributed by atoms with Crippen LogP contribution in [-0.4, -0.2) is 21.3 Å². The molecule has 0 aliphatic heterocycles. The highest BCUT2D eigenvalue weighted by Crippen LogP contribution is 2.08. The van der Waals surface area contributed by atoms with Crippen LogP contribution < -0.4 is 5.32 Å². The molecule has 0 saturated carbocycles. The lowest BCUT2D eigenvalue weighted by Crippen LogP contribution is -2.19. The molecule has 0 saturated heterocycles. The first-order valence-electron chi connectivity index (χ1n) is 5.64. The van der Waals surface area contributed by atoms with Crippen molar-refractivity contribution < 1.29 is 8.78 Å². The maximum Gasteiger partial charge on any atom is 0.146 e. The van der Waals surface area contributed by atoms with Crippen LogP contribution in [0.2, 0.25) is 0 Å². The van der Waals surface area contributed by atoms with Gasteiger partial charge in [0.25, 0.3) is 0 Å². The van der Waals surface area contributed by atoms with Crippen molar-refractivity contribution in [3.05, 3.63) is 47.5 Å². The van der Waals surface area contributed by atoms with Crippen molar-refractivity contribution >= 4 is 0 Å². The topological polar surface area (TPSA) is 42.7 Å². The molecule has 2 rings (SSSR count). The fourth-order valence-corrected chi connectivity index (χ4v) is 1.66. The van der Waals surface area contributed by atoms with Crippen LogP contribution in [-0.2, 0) is 20.0 Å². The SMILES string of the molecule is Cn1cnnc1CNCCc1cc(F)cc(F)c1. The third-order valence-corrected chi connectivity index (χ3v) is 2.60. The van der Waals surface area contributed by atoms with Gasteiger partial charge >= 0.3 is 0 Å². The van der Waals surface area contributed by atoms with Gasteiger partial charge in [0.1, 0.15) is 23.8 Å². The summed E-state index contributed by atoms with van der Waals surface area (Å²) in [4.78, 5) is 0. The minimum Gasteiger partial charge on any atom is -0.320 e. The van der Waals surface area contributed by atoms with E-state index < -0.39 is 11.6 Å². The maximum atomic E-state index is 12.9. The van der Waals surface area contributed by atoms with Crippen molar-refractivity contribution in [1.29, 1.82) is 0 Å². The first-order valence-corrected chi connectivity index (χ1v) is 5.64. The summed E-state index contributed by atoms with van der Waals surface area (Å²) >= 11 is 0. The van der Waals surface area contributed by atoms with Gasteiger partial charge in [0, 0.05) is 13.1 Å². The van der Waals surface area contributed by atoms with Crippen molar-refractivity contribution in [3.63, 3.8) is 0 Å². The smallest absolute Gasteiger partial charge is 0.146 e. The first-order chi connectivity index (χ1) is 8.65. The molecule has 4 nitrogen and oxygen atoms in total. The molecule has 1 N–H and O–H groups in total. The van der Waals surface area contributed by atoms with Crippen molar-refractivity contribution in [1.82, 2.24) is 20.1 Å². The monoisotopic (exact) mass is 252 g/mol. The van der Waals surface area contributed by atoms with E-state index in [0.717, 1.165) is 11.9 Å². The molecule has 18 heavy (non-hydrogen) atoms. The van der Waals surface area contributed by atoms with Crippen molar-refractivity contribution in [2.45, 2.75) is 13.0 Å². The molecule has 0 unspecified atom stereocenters. The quantitative estimate of drug-likeness (QED) is 0.818. The number of hydrogen-bond donors (Lipinski definition) is 1. The zero-order valence-corrected chi connectivity index (χ0v) is 10.0. The van der Waals surface area contributed by atoms with E-state index in [-0.39, 0.29) is 0 Å². The Morgan fingerprint density at radius 3 is 2.56 bits per heavy atom. The molecular formula is C12H14F2N4. The van der Waals surface area contributed by atoms with Crippen LogP contribution in [0.4, 0.5) is 8.78 Å². The van der Waals surface area contributed by atoms with Crippen LogP contribution in [0.5, 0.6) is 0 Å². The number of halogens is 2. The molecule has 0 atom stereocenters. The Balaban J connectivity index is 1.80. The fourth-order valence-electron chi connectivity index (χ4n) is 1.66. The molecule has 0 spiro atoms. The van der Waals surface area contributed by atoms with Gasteiger partial charge in [-0.3, -0.25) is 0 Å². The highest BCUT2D eigenvalue weighted by molar-refractivity contribution is 5.18. The Hall–Kier alpha value is -1.82. The molecule has 0 aliphatic carbocycles. The van der Waals surface area contributed by atoms with E-state index in [9.17, 15) is 8.78 Å². The molecular weight excluding hydrogens is 238 g/mol. The Morgan fingerprint density at radius 1 is 1.22 bits per heavy atom. The molecule has 0 amide bonds. The predicted octanol–water partition coefficient (Wildman–Crippen LogP) is 1.43. The van der Waals surface area contributed by atoms with Gasteiger partial charge in [-0.2, -0.15) is 0 Å². The first kappa shape index (κ1) is 12.6. The summed E-state index contributed by atoms with van der Waals surface area (Å²) < 4.78 is 27.7. The fraction of sp³-hybridized carbons (Fsp3) is 0.333. The summed E-state index contributed by atoms with van der Waals surface area (Å²) in [5.74, 6) is -0.267. The summed E-state index contributed by atoms with van der Waals surface area (Å²) in [6.07, 6.45) is 2.19. The zero-order chi connectivity index (χ0) is 13.0. The summed E-state index contributed by atoms with van der Waals surface area (Å²) in [6.45, 7) is 1.20. The average molecular weight is 252 g/mol. The highest BCUT2D eigenvalue weighted by atomic mass is 19.1. The molecule has 96 valence electrons. The number of aryl methyl sites for hydroxylation is 1. The van der Waals surface area contributed by atoms with Gasteiger partial charge < -0.3 is 9.88 Å². The van der Waals surface area contributed by atoms with E-state index in [4.69, 9.17) is 0 Å². The van der Waals surface area contributed by atoms with Gasteiger partial charge in [0.05, 0.1) is 6.54 Å². The second-order valence-corrected chi connectivity index (χ2v) is 4.06. The second kappa shape index (κ2) is 5.68. The molecule has 1 aromatic carbocycles. The van der Waals surface area contributed by atoms with Crippen LogP contribution in [0.15, 0.2) is 24.5 Å². The number of hydrogen-bond acceptors (Lipinski definition) is 3. The van der Waals surface area contributed by atoms with Crippen LogP contribution in [0, 0.1) is 11.6 Å². The van der Waals surface area contributed by atoms with Crippen LogP contribution in [0.3, 0.4) is 0 Å². The standard InChI is InChI=1S/C12H14F2N4/c1-18-8-16-17-12(18)7-15-3-2-9-4-10(13)6-11(14)5-9/h4-6,8,15H,2-3,7H2,1H3. The van der Waals surface area contributed by atoms with Crippen molar-refractivity contribution in [2.75, 3.05) is 6.54 Å². The molecule has 2 aromatic rings. The normalized spacial score (nSPS) is 10.8. The van der Waals surface area contributed by atoms with Gasteiger partial charge in [-0.15, -0.1) is 10.2 Å². The third kappa shape index (κ3) is 3.33. The Labute approximate surface area is 104 Å². The zero-order valence-electron chi connectivity index (χ0n) is 10.0. The number of aromatic nitrogens is 3. The Bertz CT molecular complexity index is 504. The summed E-state index contributed by atoms with van der Waals surface area (Å²) in [6, 6.07) is 3.55. The largest absolute Gasteiger partial charge is 0.320 e. The number of nitrogens with one attached hydrogen (secondary N) is 1. The molecule has 0 aliphatic rings. The minimum absolute atomic E-state index is 0.543. The van der Waals surface area contributed by atoms with E-state index in [2.05, 4.69) is 15.5 Å². The van der Waals surface area contributed by atoms with E-state index in [1.54, 1.807) is 6.33 Å². The summed E-state index contributed by atoms with van der Waals surface area (Å²) in [5, 5.41) is 10.8. The lowest BCUT2D eigenvalue weighted by molar-refractivity contribution is 0.576. The van der Waals surface area contributed by atoms with Crippen molar-refractivity contribution in [2.24, 2.45) is 7.05 Å². The summed E-state index contributed by atoms with van der Waals surface area (Å²) in [5.41, 5.74) is 0.637. The van der Waals surface area contributed by atoms with Gasteiger partial charge in [0.2, 0.25) is 0 Å². The number of rotatable bonds is 5. The lowest BCUT2D eigenvalue weighted by atomic mass is 10.1. The molecule has 0 bridgehead atoms. The molecule has 0 radical (unpaired) electrons. The Morgan fingerprint density at radius 2 is 1.94 bits per heavy atom. The Kier molecular flexibility index (Phi) is 3.99. The van der Waals surface area contributed by atoms with E-state index >= 15 is 0 Å². The van der Waals surface area contributed by atoms with Gasteiger partial charge in [-0.25, -0.2) is 8.78 Å². The maximum absolute atomic E-state index is 12.9. The van der Waals surface area contributed by atoms with Crippen LogP contribution in [0.1, 0.15) is 11.4 Å². The van der Waals surface area contributed by atoms with E-state index in [0.29, 0.717) is 25.1 Å². The van der Waals surface area contributed by atoms with Gasteiger partial charge in [-0.05, 0) is 30.7 Å². The van der Waals surface area contributed by atoms with Gasteiger partial charge in [0.15, 0.2) is 0 Å². The second-order valence-electron chi connectivity index (χ2n) is 4.06. The minimum atomic E-state index is -0.543. The average Bonchev–Trinajstić information content (AvgIpc) is 2.69. The molecule has 1 aromatic heterocycles. The van der Waals surface area contributed by atoms with Gasteiger partial charge in [-0.1, -0.05) is 0 Å². The molecule has 1 heterocycles.